The van der Waals surface area contributed by atoms with E-state index in [0.717, 1.165) is 23.4 Å². The summed E-state index contributed by atoms with van der Waals surface area (Å²) < 4.78 is 0. The van der Waals surface area contributed by atoms with E-state index in [1.54, 1.807) is 17.5 Å². The van der Waals surface area contributed by atoms with Crippen LogP contribution >= 0.6 is 11.3 Å². The quantitative estimate of drug-likeness (QED) is 0.918. The van der Waals surface area contributed by atoms with Crippen LogP contribution in [-0.2, 0) is 12.8 Å². The van der Waals surface area contributed by atoms with Gasteiger partial charge < -0.3 is 5.32 Å². The molecule has 22 heavy (non-hydrogen) atoms. The SMILES string of the molecule is CC(NC(=O)c1cc2c(s1)CCCCCC2)c1ccccn1. The molecular formula is C18H22N2OS. The number of hydrogen-bond acceptors (Lipinski definition) is 3. The molecule has 116 valence electrons. The highest BCUT2D eigenvalue weighted by Gasteiger charge is 2.18. The number of thiophene rings is 1. The van der Waals surface area contributed by atoms with Gasteiger partial charge in [-0.1, -0.05) is 18.9 Å². The predicted molar refractivity (Wildman–Crippen MR) is 90.3 cm³/mol. The van der Waals surface area contributed by atoms with Gasteiger partial charge in [0.25, 0.3) is 5.91 Å². The maximum atomic E-state index is 12.5. The summed E-state index contributed by atoms with van der Waals surface area (Å²) >= 11 is 1.67. The van der Waals surface area contributed by atoms with Crippen LogP contribution in [0.15, 0.2) is 30.5 Å². The van der Waals surface area contributed by atoms with Gasteiger partial charge in [0, 0.05) is 11.1 Å². The van der Waals surface area contributed by atoms with Crippen molar-refractivity contribution in [2.24, 2.45) is 0 Å². The summed E-state index contributed by atoms with van der Waals surface area (Å²) in [5, 5.41) is 3.06. The van der Waals surface area contributed by atoms with Crippen molar-refractivity contribution >= 4 is 17.2 Å². The summed E-state index contributed by atoms with van der Waals surface area (Å²) in [7, 11) is 0. The molecule has 4 heteroatoms. The molecule has 0 saturated heterocycles. The first-order valence-electron chi connectivity index (χ1n) is 8.07. The van der Waals surface area contributed by atoms with Gasteiger partial charge in [-0.15, -0.1) is 11.3 Å². The number of aryl methyl sites for hydroxylation is 2. The van der Waals surface area contributed by atoms with Crippen molar-refractivity contribution in [2.75, 3.05) is 0 Å². The normalized spacial score (nSPS) is 16.2. The van der Waals surface area contributed by atoms with Crippen LogP contribution in [0.4, 0.5) is 0 Å². The second-order valence-electron chi connectivity index (χ2n) is 5.92. The molecule has 1 aliphatic carbocycles. The van der Waals surface area contributed by atoms with Gasteiger partial charge in [0.15, 0.2) is 0 Å². The summed E-state index contributed by atoms with van der Waals surface area (Å²) in [6.07, 6.45) is 9.13. The number of amides is 1. The fourth-order valence-electron chi connectivity index (χ4n) is 2.93. The monoisotopic (exact) mass is 314 g/mol. The smallest absolute Gasteiger partial charge is 0.261 e. The van der Waals surface area contributed by atoms with Crippen LogP contribution in [-0.4, -0.2) is 10.9 Å². The van der Waals surface area contributed by atoms with Crippen molar-refractivity contribution in [1.29, 1.82) is 0 Å². The van der Waals surface area contributed by atoms with E-state index in [4.69, 9.17) is 0 Å². The summed E-state index contributed by atoms with van der Waals surface area (Å²) in [5.41, 5.74) is 2.28. The molecule has 0 aliphatic heterocycles. The van der Waals surface area contributed by atoms with Crippen LogP contribution in [0, 0.1) is 0 Å². The Morgan fingerprint density at radius 3 is 2.82 bits per heavy atom. The van der Waals surface area contributed by atoms with Crippen LogP contribution in [0.3, 0.4) is 0 Å². The Morgan fingerprint density at radius 2 is 2.05 bits per heavy atom. The maximum absolute atomic E-state index is 12.5. The molecule has 0 spiro atoms. The Labute approximate surface area is 135 Å². The third kappa shape index (κ3) is 3.55. The van der Waals surface area contributed by atoms with Crippen molar-refractivity contribution in [1.82, 2.24) is 10.3 Å². The van der Waals surface area contributed by atoms with Crippen molar-refractivity contribution in [3.8, 4) is 0 Å². The fraction of sp³-hybridized carbons (Fsp3) is 0.444. The second kappa shape index (κ2) is 7.05. The molecule has 0 radical (unpaired) electrons. The minimum absolute atomic E-state index is 0.0231. The summed E-state index contributed by atoms with van der Waals surface area (Å²) in [6.45, 7) is 1.98. The average Bonchev–Trinajstić information content (AvgIpc) is 2.90. The number of nitrogens with zero attached hydrogens (tertiary/aromatic N) is 1. The highest BCUT2D eigenvalue weighted by Crippen LogP contribution is 2.28. The number of hydrogen-bond donors (Lipinski definition) is 1. The zero-order valence-electron chi connectivity index (χ0n) is 13.0. The minimum atomic E-state index is -0.0709. The molecular weight excluding hydrogens is 292 g/mol. The molecule has 0 bridgehead atoms. The average molecular weight is 314 g/mol. The fourth-order valence-corrected chi connectivity index (χ4v) is 4.09. The molecule has 1 atom stereocenters. The van der Waals surface area contributed by atoms with Gasteiger partial charge in [-0.3, -0.25) is 9.78 Å². The van der Waals surface area contributed by atoms with Crippen LogP contribution < -0.4 is 5.32 Å². The largest absolute Gasteiger partial charge is 0.343 e. The molecule has 0 fully saturated rings. The van der Waals surface area contributed by atoms with Gasteiger partial charge in [-0.25, -0.2) is 0 Å². The summed E-state index contributed by atoms with van der Waals surface area (Å²) in [6, 6.07) is 7.81. The lowest BCUT2D eigenvalue weighted by Crippen LogP contribution is -2.26. The highest BCUT2D eigenvalue weighted by atomic mass is 32.1. The van der Waals surface area contributed by atoms with Crippen LogP contribution in [0.25, 0.3) is 0 Å². The summed E-state index contributed by atoms with van der Waals surface area (Å²) in [5.74, 6) is 0.0231. The molecule has 0 aromatic carbocycles. The lowest BCUT2D eigenvalue weighted by molar-refractivity contribution is 0.0943. The molecule has 1 N–H and O–H groups in total. The first-order valence-corrected chi connectivity index (χ1v) is 8.89. The van der Waals surface area contributed by atoms with E-state index in [1.807, 2.05) is 25.1 Å². The van der Waals surface area contributed by atoms with E-state index >= 15 is 0 Å². The van der Waals surface area contributed by atoms with Gasteiger partial charge in [0.1, 0.15) is 0 Å². The van der Waals surface area contributed by atoms with Crippen molar-refractivity contribution in [3.05, 3.63) is 51.5 Å². The number of pyridine rings is 1. The Kier molecular flexibility index (Phi) is 4.88. The zero-order valence-corrected chi connectivity index (χ0v) is 13.8. The third-order valence-electron chi connectivity index (χ3n) is 4.20. The zero-order chi connectivity index (χ0) is 15.4. The minimum Gasteiger partial charge on any atom is -0.343 e. The summed E-state index contributed by atoms with van der Waals surface area (Å²) in [4.78, 5) is 19.0. The second-order valence-corrected chi connectivity index (χ2v) is 7.06. The molecule has 3 rings (SSSR count). The molecule has 1 amide bonds. The third-order valence-corrected chi connectivity index (χ3v) is 5.44. The first-order chi connectivity index (χ1) is 10.7. The number of fused-ring (bicyclic) bond motifs is 1. The number of rotatable bonds is 3. The first kappa shape index (κ1) is 15.2. The van der Waals surface area contributed by atoms with Gasteiger partial charge in [-0.2, -0.15) is 0 Å². The standard InChI is InChI=1S/C18H22N2OS/c1-13(15-9-6-7-11-19-15)20-18(21)17-12-14-8-4-2-3-5-10-16(14)22-17/h6-7,9,11-13H,2-5,8,10H2,1H3,(H,20,21). The van der Waals surface area contributed by atoms with Gasteiger partial charge in [0.2, 0.25) is 0 Å². The number of aromatic nitrogens is 1. The van der Waals surface area contributed by atoms with Crippen molar-refractivity contribution < 1.29 is 4.79 Å². The number of carbonyl (C=O) groups is 1. The van der Waals surface area contributed by atoms with E-state index in [1.165, 1.54) is 36.1 Å². The lowest BCUT2D eigenvalue weighted by atomic mass is 10.00. The topological polar surface area (TPSA) is 42.0 Å². The molecule has 3 nitrogen and oxygen atoms in total. The highest BCUT2D eigenvalue weighted by molar-refractivity contribution is 7.14. The Bertz CT molecular complexity index is 610. The molecule has 0 saturated carbocycles. The van der Waals surface area contributed by atoms with E-state index in [2.05, 4.69) is 16.4 Å². The Morgan fingerprint density at radius 1 is 1.23 bits per heavy atom. The lowest BCUT2D eigenvalue weighted by Gasteiger charge is -2.12. The van der Waals surface area contributed by atoms with Gasteiger partial charge in [0.05, 0.1) is 16.6 Å². The van der Waals surface area contributed by atoms with E-state index < -0.39 is 0 Å². The maximum Gasteiger partial charge on any atom is 0.261 e. The van der Waals surface area contributed by atoms with Crippen molar-refractivity contribution in [3.63, 3.8) is 0 Å². The van der Waals surface area contributed by atoms with Gasteiger partial charge >= 0.3 is 0 Å². The number of nitrogens with one attached hydrogen (secondary N) is 1. The molecule has 2 aromatic heterocycles. The molecule has 1 unspecified atom stereocenters. The van der Waals surface area contributed by atoms with Gasteiger partial charge in [-0.05, 0) is 56.4 Å². The van der Waals surface area contributed by atoms with E-state index in [9.17, 15) is 4.79 Å². The number of carbonyl (C=O) groups excluding carboxylic acids is 1. The van der Waals surface area contributed by atoms with Crippen LogP contribution in [0.2, 0.25) is 0 Å². The Hall–Kier alpha value is -1.68. The van der Waals surface area contributed by atoms with Crippen LogP contribution in [0.5, 0.6) is 0 Å². The Balaban J connectivity index is 1.71. The molecule has 2 heterocycles. The van der Waals surface area contributed by atoms with E-state index in [0.29, 0.717) is 0 Å². The van der Waals surface area contributed by atoms with Crippen LogP contribution in [0.1, 0.15) is 64.5 Å². The van der Waals surface area contributed by atoms with Crippen molar-refractivity contribution in [2.45, 2.75) is 51.5 Å². The van der Waals surface area contributed by atoms with E-state index in [-0.39, 0.29) is 11.9 Å². The molecule has 2 aromatic rings. The molecule has 1 aliphatic rings. The predicted octanol–water partition coefficient (Wildman–Crippen LogP) is 4.29.